The van der Waals surface area contributed by atoms with Crippen molar-refractivity contribution in [3.8, 4) is 0 Å². The van der Waals surface area contributed by atoms with E-state index in [4.69, 9.17) is 13.1 Å². The van der Waals surface area contributed by atoms with Gasteiger partial charge < -0.3 is 19.9 Å². The SMILES string of the molecule is Cc1ccc(S(=O)(=O)O[C@H]2CO[C@](O)(Cc3c[nH]c4ccccc34)[C@@H](OS(=O)(=O)c3ccc(C)cc3)[C@@H]2O)cc1. The summed E-state index contributed by atoms with van der Waals surface area (Å²) >= 11 is 0. The first kappa shape index (κ1) is 28.4. The summed E-state index contributed by atoms with van der Waals surface area (Å²) in [7, 11) is -8.92. The largest absolute Gasteiger partial charge is 0.387 e. The number of aliphatic hydroxyl groups excluding tert-OH is 1. The van der Waals surface area contributed by atoms with Gasteiger partial charge in [0.2, 0.25) is 5.79 Å². The van der Waals surface area contributed by atoms with Gasteiger partial charge in [-0.2, -0.15) is 16.8 Å². The van der Waals surface area contributed by atoms with Crippen molar-refractivity contribution in [2.24, 2.45) is 0 Å². The zero-order valence-corrected chi connectivity index (χ0v) is 23.4. The zero-order valence-electron chi connectivity index (χ0n) is 21.7. The Kier molecular flexibility index (Phi) is 7.61. The number of aromatic nitrogens is 1. The van der Waals surface area contributed by atoms with Crippen LogP contribution in [0.3, 0.4) is 0 Å². The number of aliphatic hydroxyl groups is 2. The summed E-state index contributed by atoms with van der Waals surface area (Å²) in [5.41, 5.74) is 2.98. The molecule has 212 valence electrons. The lowest BCUT2D eigenvalue weighted by molar-refractivity contribution is -0.309. The summed E-state index contributed by atoms with van der Waals surface area (Å²) in [4.78, 5) is 2.70. The number of hydrogen-bond acceptors (Lipinski definition) is 9. The highest BCUT2D eigenvalue weighted by atomic mass is 32.2. The van der Waals surface area contributed by atoms with Gasteiger partial charge in [0, 0.05) is 23.5 Å². The molecule has 4 aromatic rings. The zero-order chi connectivity index (χ0) is 28.7. The summed E-state index contributed by atoms with van der Waals surface area (Å²) in [5, 5.41) is 23.7. The van der Waals surface area contributed by atoms with Gasteiger partial charge in [-0.05, 0) is 49.7 Å². The molecule has 0 amide bonds. The van der Waals surface area contributed by atoms with Gasteiger partial charge in [0.05, 0.1) is 16.4 Å². The van der Waals surface area contributed by atoms with Gasteiger partial charge in [0.25, 0.3) is 20.2 Å². The van der Waals surface area contributed by atoms with Crippen molar-refractivity contribution in [2.75, 3.05) is 6.61 Å². The average molecular weight is 588 g/mol. The molecule has 0 unspecified atom stereocenters. The van der Waals surface area contributed by atoms with Crippen molar-refractivity contribution in [3.63, 3.8) is 0 Å². The van der Waals surface area contributed by atoms with E-state index in [1.165, 1.54) is 24.3 Å². The van der Waals surface area contributed by atoms with Crippen molar-refractivity contribution in [3.05, 3.63) is 95.7 Å². The standard InChI is InChI=1S/C28H29NO9S2/c1-18-7-11-21(12-8-18)39(32,33)37-25-17-36-28(31,15-20-16-29-24-6-4-3-5-23(20)24)27(26(25)30)38-40(34,35)22-13-9-19(2)10-14-22/h3-14,16,25-27,29-31H,15,17H2,1-2H3/t25-,26+,27-,28+/m0/s1. The summed E-state index contributed by atoms with van der Waals surface area (Å²) in [6.07, 6.45) is -4.08. The van der Waals surface area contributed by atoms with Crippen LogP contribution in [0.1, 0.15) is 16.7 Å². The number of rotatable bonds is 8. The maximum Gasteiger partial charge on any atom is 0.297 e. The lowest BCUT2D eigenvalue weighted by atomic mass is 9.91. The fourth-order valence-electron chi connectivity index (χ4n) is 4.61. The molecule has 0 aliphatic carbocycles. The van der Waals surface area contributed by atoms with E-state index in [0.29, 0.717) is 5.56 Å². The molecule has 2 heterocycles. The Morgan fingerprint density at radius 1 is 0.875 bits per heavy atom. The smallest absolute Gasteiger partial charge is 0.297 e. The van der Waals surface area contributed by atoms with Gasteiger partial charge in [0.15, 0.2) is 6.10 Å². The Bertz CT molecular complexity index is 1720. The summed E-state index contributed by atoms with van der Waals surface area (Å²) in [6.45, 7) is 3.02. The number of H-pyrrole nitrogens is 1. The molecule has 3 aromatic carbocycles. The third-order valence-electron chi connectivity index (χ3n) is 6.85. The summed E-state index contributed by atoms with van der Waals surface area (Å²) in [6, 6.07) is 18.9. The van der Waals surface area contributed by atoms with Gasteiger partial charge >= 0.3 is 0 Å². The molecular formula is C28H29NO9S2. The van der Waals surface area contributed by atoms with Crippen molar-refractivity contribution in [1.29, 1.82) is 0 Å². The number of nitrogens with one attached hydrogen (secondary N) is 1. The first-order valence-electron chi connectivity index (χ1n) is 12.5. The Morgan fingerprint density at radius 3 is 2.02 bits per heavy atom. The highest BCUT2D eigenvalue weighted by Crippen LogP contribution is 2.36. The van der Waals surface area contributed by atoms with Crippen molar-refractivity contribution in [1.82, 2.24) is 4.98 Å². The number of ether oxygens (including phenoxy) is 1. The van der Waals surface area contributed by atoms with Gasteiger partial charge in [-0.3, -0.25) is 8.37 Å². The number of hydrogen-bond donors (Lipinski definition) is 3. The molecule has 40 heavy (non-hydrogen) atoms. The van der Waals surface area contributed by atoms with Gasteiger partial charge in [-0.25, -0.2) is 0 Å². The van der Waals surface area contributed by atoms with Crippen LogP contribution in [-0.4, -0.2) is 62.7 Å². The molecular weight excluding hydrogens is 558 g/mol. The molecule has 0 saturated carbocycles. The molecule has 0 radical (unpaired) electrons. The number of para-hydroxylation sites is 1. The van der Waals surface area contributed by atoms with Crippen LogP contribution in [0.25, 0.3) is 10.9 Å². The summed E-state index contributed by atoms with van der Waals surface area (Å²) < 4.78 is 68.8. The van der Waals surface area contributed by atoms with Crippen molar-refractivity contribution < 1.29 is 40.2 Å². The molecule has 12 heteroatoms. The topological polar surface area (TPSA) is 152 Å². The summed E-state index contributed by atoms with van der Waals surface area (Å²) in [5.74, 6) is -2.37. The second-order valence-electron chi connectivity index (χ2n) is 9.87. The van der Waals surface area contributed by atoms with Gasteiger partial charge in [-0.1, -0.05) is 53.6 Å². The Hall–Kier alpha value is -3.10. The van der Waals surface area contributed by atoms with Crippen LogP contribution < -0.4 is 0 Å². The maximum atomic E-state index is 13.2. The first-order chi connectivity index (χ1) is 18.9. The molecule has 1 aliphatic rings. The maximum absolute atomic E-state index is 13.2. The predicted octanol–water partition coefficient (Wildman–Crippen LogP) is 2.96. The lowest BCUT2D eigenvalue weighted by Gasteiger charge is -2.44. The molecule has 3 N–H and O–H groups in total. The monoisotopic (exact) mass is 587 g/mol. The van der Waals surface area contributed by atoms with E-state index in [2.05, 4.69) is 4.98 Å². The van der Waals surface area contributed by atoms with Crippen LogP contribution in [0.15, 0.2) is 88.8 Å². The second-order valence-corrected chi connectivity index (χ2v) is 13.0. The van der Waals surface area contributed by atoms with Crippen molar-refractivity contribution in [2.45, 2.75) is 54.2 Å². The number of aryl methyl sites for hydroxylation is 2. The number of fused-ring (bicyclic) bond motifs is 1. The first-order valence-corrected chi connectivity index (χ1v) is 15.3. The Balaban J connectivity index is 1.48. The van der Waals surface area contributed by atoms with E-state index < -0.39 is 50.9 Å². The number of aromatic amines is 1. The van der Waals surface area contributed by atoms with Crippen molar-refractivity contribution >= 4 is 31.1 Å². The normalized spacial score (nSPS) is 23.9. The van der Waals surface area contributed by atoms with Crippen LogP contribution in [-0.2, 0) is 39.8 Å². The predicted molar refractivity (Wildman–Crippen MR) is 145 cm³/mol. The van der Waals surface area contributed by atoms with Crippen LogP contribution >= 0.6 is 0 Å². The molecule has 1 fully saturated rings. The third-order valence-corrected chi connectivity index (χ3v) is 9.51. The minimum Gasteiger partial charge on any atom is -0.387 e. The van der Waals surface area contributed by atoms with E-state index in [1.807, 2.05) is 18.2 Å². The minimum atomic E-state index is -4.54. The van der Waals surface area contributed by atoms with Crippen LogP contribution in [0.5, 0.6) is 0 Å². The van der Waals surface area contributed by atoms with Gasteiger partial charge in [-0.15, -0.1) is 0 Å². The quantitative estimate of drug-likeness (QED) is 0.264. The number of benzene rings is 3. The van der Waals surface area contributed by atoms with E-state index in [0.717, 1.165) is 22.0 Å². The second kappa shape index (κ2) is 10.7. The molecule has 5 rings (SSSR count). The van der Waals surface area contributed by atoms with Crippen LogP contribution in [0.2, 0.25) is 0 Å². The molecule has 0 spiro atoms. The fourth-order valence-corrected chi connectivity index (χ4v) is 6.80. The van der Waals surface area contributed by atoms with E-state index in [9.17, 15) is 27.0 Å². The minimum absolute atomic E-state index is 0.158. The average Bonchev–Trinajstić information content (AvgIpc) is 3.31. The van der Waals surface area contributed by atoms with Gasteiger partial charge in [0.1, 0.15) is 12.2 Å². The van der Waals surface area contributed by atoms with Crippen LogP contribution in [0, 0.1) is 13.8 Å². The molecule has 1 saturated heterocycles. The van der Waals surface area contributed by atoms with E-state index >= 15 is 0 Å². The Labute approximate surface area is 232 Å². The Morgan fingerprint density at radius 2 is 1.43 bits per heavy atom. The fraction of sp³-hybridized carbons (Fsp3) is 0.286. The molecule has 0 bridgehead atoms. The van der Waals surface area contributed by atoms with E-state index in [1.54, 1.807) is 50.4 Å². The molecule has 10 nitrogen and oxygen atoms in total. The highest BCUT2D eigenvalue weighted by molar-refractivity contribution is 7.87. The lowest BCUT2D eigenvalue weighted by Crippen LogP contribution is -2.64. The molecule has 4 atom stereocenters. The van der Waals surface area contributed by atoms with Crippen LogP contribution in [0.4, 0.5) is 0 Å². The van der Waals surface area contributed by atoms with E-state index in [-0.39, 0.29) is 16.2 Å². The molecule has 1 aromatic heterocycles. The third kappa shape index (κ3) is 5.70. The molecule has 1 aliphatic heterocycles. The highest BCUT2D eigenvalue weighted by Gasteiger charge is 2.54.